The van der Waals surface area contributed by atoms with Gasteiger partial charge in [0, 0.05) is 18.0 Å². The first-order valence-electron chi connectivity index (χ1n) is 5.57. The van der Waals surface area contributed by atoms with E-state index < -0.39 is 0 Å². The molecule has 0 unspecified atom stereocenters. The van der Waals surface area contributed by atoms with Crippen LogP contribution in [-0.4, -0.2) is 15.2 Å². The summed E-state index contributed by atoms with van der Waals surface area (Å²) >= 11 is 0. The fraction of sp³-hybridized carbons (Fsp3) is 0.333. The predicted octanol–water partition coefficient (Wildman–Crippen LogP) is 1.86. The van der Waals surface area contributed by atoms with Gasteiger partial charge in [0.15, 0.2) is 5.82 Å². The van der Waals surface area contributed by atoms with E-state index in [1.165, 1.54) is 18.4 Å². The molecular formula is C12H14N4. The van der Waals surface area contributed by atoms with E-state index in [0.717, 1.165) is 23.8 Å². The van der Waals surface area contributed by atoms with E-state index in [-0.39, 0.29) is 0 Å². The van der Waals surface area contributed by atoms with Gasteiger partial charge in [-0.2, -0.15) is 5.10 Å². The van der Waals surface area contributed by atoms with Crippen molar-refractivity contribution < 1.29 is 0 Å². The Hall–Kier alpha value is -1.84. The van der Waals surface area contributed by atoms with E-state index in [1.54, 1.807) is 0 Å². The van der Waals surface area contributed by atoms with Crippen LogP contribution in [-0.2, 0) is 6.42 Å². The van der Waals surface area contributed by atoms with E-state index in [4.69, 9.17) is 5.73 Å². The van der Waals surface area contributed by atoms with Gasteiger partial charge in [-0.25, -0.2) is 4.98 Å². The van der Waals surface area contributed by atoms with Gasteiger partial charge in [0.25, 0.3) is 0 Å². The number of benzene rings is 1. The lowest BCUT2D eigenvalue weighted by molar-refractivity contribution is 0.932. The van der Waals surface area contributed by atoms with Crippen LogP contribution < -0.4 is 5.73 Å². The molecule has 0 spiro atoms. The van der Waals surface area contributed by atoms with Crippen molar-refractivity contribution in [2.24, 2.45) is 0 Å². The molecule has 1 aliphatic carbocycles. The molecule has 2 aromatic rings. The first-order chi connectivity index (χ1) is 7.81. The molecule has 4 heteroatoms. The molecule has 1 aromatic heterocycles. The maximum absolute atomic E-state index is 5.64. The number of hydrogen-bond donors (Lipinski definition) is 2. The van der Waals surface area contributed by atoms with Gasteiger partial charge in [0.05, 0.1) is 0 Å². The van der Waals surface area contributed by atoms with Crippen LogP contribution in [0.4, 0.5) is 5.69 Å². The summed E-state index contributed by atoms with van der Waals surface area (Å²) < 4.78 is 0. The summed E-state index contributed by atoms with van der Waals surface area (Å²) in [5, 5.41) is 7.23. The average molecular weight is 214 g/mol. The number of anilines is 1. The molecule has 0 atom stereocenters. The number of nitrogens with two attached hydrogens (primary N) is 1. The SMILES string of the molecule is Nc1ccc(Cc2nc(C3CC3)n[nH]2)cc1. The molecule has 0 saturated heterocycles. The summed E-state index contributed by atoms with van der Waals surface area (Å²) in [6.07, 6.45) is 3.26. The Balaban J connectivity index is 1.75. The minimum absolute atomic E-state index is 0.608. The number of nitrogens with zero attached hydrogens (tertiary/aromatic N) is 2. The van der Waals surface area contributed by atoms with E-state index in [2.05, 4.69) is 15.2 Å². The summed E-state index contributed by atoms with van der Waals surface area (Å²) in [6.45, 7) is 0. The van der Waals surface area contributed by atoms with E-state index in [1.807, 2.05) is 24.3 Å². The van der Waals surface area contributed by atoms with Gasteiger partial charge in [-0.3, -0.25) is 5.10 Å². The smallest absolute Gasteiger partial charge is 0.153 e. The van der Waals surface area contributed by atoms with Crippen molar-refractivity contribution in [3.63, 3.8) is 0 Å². The van der Waals surface area contributed by atoms with Gasteiger partial charge >= 0.3 is 0 Å². The van der Waals surface area contributed by atoms with Crippen molar-refractivity contribution in [1.82, 2.24) is 15.2 Å². The molecule has 0 aliphatic heterocycles. The molecule has 1 saturated carbocycles. The third kappa shape index (κ3) is 1.91. The van der Waals surface area contributed by atoms with Crippen LogP contribution in [0.15, 0.2) is 24.3 Å². The molecule has 0 amide bonds. The monoisotopic (exact) mass is 214 g/mol. The third-order valence-corrected chi connectivity index (χ3v) is 2.84. The van der Waals surface area contributed by atoms with Crippen LogP contribution in [0, 0.1) is 0 Å². The number of aromatic nitrogens is 3. The largest absolute Gasteiger partial charge is 0.399 e. The van der Waals surface area contributed by atoms with Crippen molar-refractivity contribution in [1.29, 1.82) is 0 Å². The van der Waals surface area contributed by atoms with Crippen molar-refractivity contribution in [2.45, 2.75) is 25.2 Å². The fourth-order valence-electron chi connectivity index (χ4n) is 1.74. The Kier molecular flexibility index (Phi) is 2.13. The van der Waals surface area contributed by atoms with Crippen LogP contribution in [0.5, 0.6) is 0 Å². The number of nitrogens with one attached hydrogen (secondary N) is 1. The maximum atomic E-state index is 5.64. The second-order valence-corrected chi connectivity index (χ2v) is 4.33. The summed E-state index contributed by atoms with van der Waals surface area (Å²) in [6, 6.07) is 7.87. The van der Waals surface area contributed by atoms with Gasteiger partial charge in [-0.15, -0.1) is 0 Å². The second kappa shape index (κ2) is 3.63. The van der Waals surface area contributed by atoms with Gasteiger partial charge in [-0.1, -0.05) is 12.1 Å². The van der Waals surface area contributed by atoms with Crippen LogP contribution in [0.25, 0.3) is 0 Å². The molecule has 1 aromatic carbocycles. The van der Waals surface area contributed by atoms with E-state index >= 15 is 0 Å². The highest BCUT2D eigenvalue weighted by Gasteiger charge is 2.27. The number of nitrogen functional groups attached to an aromatic ring is 1. The Morgan fingerprint density at radius 2 is 2.00 bits per heavy atom. The lowest BCUT2D eigenvalue weighted by Crippen LogP contribution is -1.92. The molecule has 1 fully saturated rings. The summed E-state index contributed by atoms with van der Waals surface area (Å²) in [5.41, 5.74) is 7.63. The molecule has 4 nitrogen and oxygen atoms in total. The Morgan fingerprint density at radius 3 is 2.69 bits per heavy atom. The van der Waals surface area contributed by atoms with Gasteiger partial charge < -0.3 is 5.73 Å². The molecule has 0 bridgehead atoms. The third-order valence-electron chi connectivity index (χ3n) is 2.84. The summed E-state index contributed by atoms with van der Waals surface area (Å²) in [5.74, 6) is 2.52. The number of rotatable bonds is 3. The number of aromatic amines is 1. The minimum atomic E-state index is 0.608. The van der Waals surface area contributed by atoms with Crippen molar-refractivity contribution in [2.75, 3.05) is 5.73 Å². The van der Waals surface area contributed by atoms with Crippen LogP contribution in [0.3, 0.4) is 0 Å². The molecule has 1 heterocycles. The molecule has 3 N–H and O–H groups in total. The summed E-state index contributed by atoms with van der Waals surface area (Å²) in [7, 11) is 0. The Labute approximate surface area is 93.9 Å². The zero-order valence-electron chi connectivity index (χ0n) is 8.98. The first-order valence-corrected chi connectivity index (χ1v) is 5.57. The highest BCUT2D eigenvalue weighted by Crippen LogP contribution is 2.37. The molecule has 16 heavy (non-hydrogen) atoms. The van der Waals surface area contributed by atoms with Crippen LogP contribution in [0.1, 0.15) is 36.0 Å². The number of H-pyrrole nitrogens is 1. The highest BCUT2D eigenvalue weighted by atomic mass is 15.2. The highest BCUT2D eigenvalue weighted by molar-refractivity contribution is 5.39. The van der Waals surface area contributed by atoms with Crippen LogP contribution in [0.2, 0.25) is 0 Å². The fourth-order valence-corrected chi connectivity index (χ4v) is 1.74. The average Bonchev–Trinajstić information content (AvgIpc) is 3.04. The normalized spacial score (nSPS) is 15.2. The predicted molar refractivity (Wildman–Crippen MR) is 62.0 cm³/mol. The van der Waals surface area contributed by atoms with Gasteiger partial charge in [0.1, 0.15) is 5.82 Å². The zero-order chi connectivity index (χ0) is 11.0. The van der Waals surface area contributed by atoms with E-state index in [0.29, 0.717) is 5.92 Å². The van der Waals surface area contributed by atoms with E-state index in [9.17, 15) is 0 Å². The quantitative estimate of drug-likeness (QED) is 0.766. The molecule has 0 radical (unpaired) electrons. The Morgan fingerprint density at radius 1 is 1.25 bits per heavy atom. The minimum Gasteiger partial charge on any atom is -0.399 e. The molecule has 3 rings (SSSR count). The lowest BCUT2D eigenvalue weighted by atomic mass is 10.1. The van der Waals surface area contributed by atoms with Crippen molar-refractivity contribution >= 4 is 5.69 Å². The zero-order valence-corrected chi connectivity index (χ0v) is 8.98. The van der Waals surface area contributed by atoms with Crippen LogP contribution >= 0.6 is 0 Å². The molecule has 82 valence electrons. The summed E-state index contributed by atoms with van der Waals surface area (Å²) in [4.78, 5) is 4.49. The number of hydrogen-bond acceptors (Lipinski definition) is 3. The standard InChI is InChI=1S/C12H14N4/c13-10-5-1-8(2-6-10)7-11-14-12(16-15-11)9-3-4-9/h1-2,5-6,9H,3-4,7,13H2,(H,14,15,16). The topological polar surface area (TPSA) is 67.6 Å². The van der Waals surface area contributed by atoms with Crippen molar-refractivity contribution in [3.8, 4) is 0 Å². The lowest BCUT2D eigenvalue weighted by Gasteiger charge is -1.98. The maximum Gasteiger partial charge on any atom is 0.153 e. The van der Waals surface area contributed by atoms with Gasteiger partial charge in [0.2, 0.25) is 0 Å². The second-order valence-electron chi connectivity index (χ2n) is 4.33. The first kappa shape index (κ1) is 9.39. The Bertz CT molecular complexity index is 482. The van der Waals surface area contributed by atoms with Gasteiger partial charge in [-0.05, 0) is 30.5 Å². The molecule has 1 aliphatic rings. The van der Waals surface area contributed by atoms with Crippen molar-refractivity contribution in [3.05, 3.63) is 41.5 Å². The molecular weight excluding hydrogens is 200 g/mol.